The smallest absolute Gasteiger partial charge is 0.274 e. The lowest BCUT2D eigenvalue weighted by Gasteiger charge is -2.51. The number of aryl methyl sites for hydroxylation is 1. The number of nitrogens with one attached hydrogen (secondary N) is 1. The van der Waals surface area contributed by atoms with Crippen molar-refractivity contribution in [2.75, 3.05) is 19.6 Å². The maximum Gasteiger partial charge on any atom is 0.274 e. The zero-order chi connectivity index (χ0) is 19.3. The van der Waals surface area contributed by atoms with E-state index in [0.717, 1.165) is 50.0 Å². The molecule has 0 radical (unpaired) electrons. The van der Waals surface area contributed by atoms with E-state index < -0.39 is 0 Å². The second-order valence-electron chi connectivity index (χ2n) is 8.50. The molecule has 5 heterocycles. The Balaban J connectivity index is 1.47. The van der Waals surface area contributed by atoms with Crippen LogP contribution in [0.4, 0.5) is 4.39 Å². The molecule has 3 unspecified atom stereocenters. The standard InChI is InChI=1S/C22H27FN4O/c1-2-3-17-12-19(25-24-17)22(28)27-13-18(14-4-6-16(23)7-5-14)21-20(27)15-8-10-26(21)11-9-15/h4-7,12,15,18,20-21H,2-3,8-11,13H2,1H3,(H,24,25). The molecule has 148 valence electrons. The Morgan fingerprint density at radius 2 is 1.96 bits per heavy atom. The molecule has 4 aliphatic rings. The first-order chi connectivity index (χ1) is 13.7. The average molecular weight is 382 g/mol. The van der Waals surface area contributed by atoms with Gasteiger partial charge in [0.05, 0.1) is 6.04 Å². The second kappa shape index (κ2) is 6.99. The van der Waals surface area contributed by atoms with Crippen molar-refractivity contribution in [2.45, 2.75) is 50.6 Å². The second-order valence-corrected chi connectivity index (χ2v) is 8.50. The number of fused-ring (bicyclic) bond motifs is 2. The van der Waals surface area contributed by atoms with Gasteiger partial charge in [-0.2, -0.15) is 5.10 Å². The van der Waals surface area contributed by atoms with Gasteiger partial charge in [-0.1, -0.05) is 25.5 Å². The lowest BCUT2D eigenvalue weighted by molar-refractivity contribution is -0.00358. The van der Waals surface area contributed by atoms with Gasteiger partial charge in [0, 0.05) is 24.2 Å². The summed E-state index contributed by atoms with van der Waals surface area (Å²) >= 11 is 0. The molecule has 6 rings (SSSR count). The molecule has 28 heavy (non-hydrogen) atoms. The number of nitrogens with zero attached hydrogens (tertiary/aromatic N) is 3. The minimum atomic E-state index is -0.211. The molecule has 3 atom stereocenters. The van der Waals surface area contributed by atoms with Gasteiger partial charge >= 0.3 is 0 Å². The Bertz CT molecular complexity index is 856. The third kappa shape index (κ3) is 2.85. The van der Waals surface area contributed by atoms with Gasteiger partial charge in [0.15, 0.2) is 0 Å². The summed E-state index contributed by atoms with van der Waals surface area (Å²) in [7, 11) is 0. The largest absolute Gasteiger partial charge is 0.332 e. The van der Waals surface area contributed by atoms with Crippen molar-refractivity contribution in [3.05, 3.63) is 53.1 Å². The molecule has 1 N–H and O–H groups in total. The van der Waals surface area contributed by atoms with Crippen molar-refractivity contribution in [1.29, 1.82) is 0 Å². The summed E-state index contributed by atoms with van der Waals surface area (Å²) < 4.78 is 13.5. The van der Waals surface area contributed by atoms with Crippen LogP contribution in [-0.4, -0.2) is 57.6 Å². The van der Waals surface area contributed by atoms with Crippen LogP contribution >= 0.6 is 0 Å². The maximum absolute atomic E-state index is 13.5. The predicted octanol–water partition coefficient (Wildman–Crippen LogP) is 3.20. The SMILES string of the molecule is CCCc1cc(C(=O)N2CC(c3ccc(F)cc3)C3C2C2CCN3CC2)n[nH]1. The third-order valence-electron chi connectivity index (χ3n) is 6.92. The van der Waals surface area contributed by atoms with E-state index in [9.17, 15) is 9.18 Å². The summed E-state index contributed by atoms with van der Waals surface area (Å²) in [6.07, 6.45) is 4.24. The summed E-state index contributed by atoms with van der Waals surface area (Å²) in [4.78, 5) is 18.0. The number of rotatable bonds is 4. The van der Waals surface area contributed by atoms with Gasteiger partial charge in [-0.3, -0.25) is 14.8 Å². The number of H-pyrrole nitrogens is 1. The minimum absolute atomic E-state index is 0.0342. The van der Waals surface area contributed by atoms with Crippen LogP contribution in [0.5, 0.6) is 0 Å². The normalized spacial score (nSPS) is 31.2. The van der Waals surface area contributed by atoms with Crippen LogP contribution in [0.25, 0.3) is 0 Å². The molecule has 0 spiro atoms. The van der Waals surface area contributed by atoms with Gasteiger partial charge in [-0.05, 0) is 62.0 Å². The molecule has 4 saturated heterocycles. The highest BCUT2D eigenvalue weighted by atomic mass is 19.1. The highest BCUT2D eigenvalue weighted by molar-refractivity contribution is 5.93. The summed E-state index contributed by atoms with van der Waals surface area (Å²) in [6, 6.07) is 9.33. The van der Waals surface area contributed by atoms with E-state index in [2.05, 4.69) is 26.9 Å². The third-order valence-corrected chi connectivity index (χ3v) is 6.92. The number of likely N-dealkylation sites (tertiary alicyclic amines) is 1. The molecule has 1 aromatic heterocycles. The molecule has 6 heteroatoms. The van der Waals surface area contributed by atoms with Crippen LogP contribution in [0.3, 0.4) is 0 Å². The molecule has 0 saturated carbocycles. The molecule has 1 aromatic carbocycles. The zero-order valence-corrected chi connectivity index (χ0v) is 16.3. The van der Waals surface area contributed by atoms with Gasteiger partial charge in [-0.25, -0.2) is 4.39 Å². The van der Waals surface area contributed by atoms with Crippen LogP contribution in [0.15, 0.2) is 30.3 Å². The van der Waals surface area contributed by atoms with E-state index in [1.165, 1.54) is 12.1 Å². The number of halogens is 1. The Labute approximate surface area is 164 Å². The first-order valence-electron chi connectivity index (χ1n) is 10.5. The molecular weight excluding hydrogens is 355 g/mol. The van der Waals surface area contributed by atoms with Crippen LogP contribution < -0.4 is 0 Å². The lowest BCUT2D eigenvalue weighted by Crippen LogP contribution is -2.60. The van der Waals surface area contributed by atoms with Crippen LogP contribution in [-0.2, 0) is 6.42 Å². The maximum atomic E-state index is 13.5. The zero-order valence-electron chi connectivity index (χ0n) is 16.3. The fraction of sp³-hybridized carbons (Fsp3) is 0.545. The number of benzene rings is 1. The minimum Gasteiger partial charge on any atom is -0.332 e. The van der Waals surface area contributed by atoms with Crippen molar-refractivity contribution < 1.29 is 9.18 Å². The summed E-state index contributed by atoms with van der Waals surface area (Å²) in [5.74, 6) is 0.605. The number of amides is 1. The molecule has 1 amide bonds. The lowest BCUT2D eigenvalue weighted by atomic mass is 9.75. The molecule has 4 aliphatic heterocycles. The number of carbonyl (C=O) groups is 1. The summed E-state index contributed by atoms with van der Waals surface area (Å²) in [6.45, 7) is 5.01. The Hall–Kier alpha value is -2.21. The van der Waals surface area contributed by atoms with E-state index >= 15 is 0 Å². The Morgan fingerprint density at radius 3 is 2.68 bits per heavy atom. The van der Waals surface area contributed by atoms with Gasteiger partial charge in [-0.15, -0.1) is 0 Å². The van der Waals surface area contributed by atoms with Crippen molar-refractivity contribution >= 4 is 5.91 Å². The van der Waals surface area contributed by atoms with E-state index in [4.69, 9.17) is 0 Å². The van der Waals surface area contributed by atoms with Crippen LogP contribution in [0.2, 0.25) is 0 Å². The molecule has 5 nitrogen and oxygen atoms in total. The van der Waals surface area contributed by atoms with Gasteiger partial charge in [0.1, 0.15) is 11.5 Å². The molecule has 0 aliphatic carbocycles. The van der Waals surface area contributed by atoms with Crippen molar-refractivity contribution in [3.63, 3.8) is 0 Å². The number of hydrogen-bond donors (Lipinski definition) is 1. The number of aromatic nitrogens is 2. The Morgan fingerprint density at radius 1 is 1.21 bits per heavy atom. The fourth-order valence-corrected chi connectivity index (χ4v) is 5.67. The quantitative estimate of drug-likeness (QED) is 0.884. The van der Waals surface area contributed by atoms with E-state index in [1.807, 2.05) is 18.2 Å². The monoisotopic (exact) mass is 382 g/mol. The van der Waals surface area contributed by atoms with E-state index in [-0.39, 0.29) is 23.7 Å². The average Bonchev–Trinajstić information content (AvgIpc) is 3.36. The van der Waals surface area contributed by atoms with Gasteiger partial charge in [0.2, 0.25) is 0 Å². The molecule has 2 aromatic rings. The number of carbonyl (C=O) groups excluding carboxylic acids is 1. The highest BCUT2D eigenvalue weighted by Gasteiger charge is 2.54. The molecule has 2 bridgehead atoms. The predicted molar refractivity (Wildman–Crippen MR) is 105 cm³/mol. The van der Waals surface area contributed by atoms with E-state index in [0.29, 0.717) is 24.2 Å². The number of piperidine rings is 3. The summed E-state index contributed by atoms with van der Waals surface area (Å²) in [5, 5.41) is 7.33. The number of aromatic amines is 1. The van der Waals surface area contributed by atoms with Crippen molar-refractivity contribution in [2.24, 2.45) is 5.92 Å². The van der Waals surface area contributed by atoms with Crippen LogP contribution in [0, 0.1) is 11.7 Å². The van der Waals surface area contributed by atoms with Crippen LogP contribution in [0.1, 0.15) is 53.8 Å². The molecular formula is C22H27FN4O. The molecule has 4 fully saturated rings. The summed E-state index contributed by atoms with van der Waals surface area (Å²) in [5.41, 5.74) is 2.68. The van der Waals surface area contributed by atoms with Crippen molar-refractivity contribution in [1.82, 2.24) is 20.0 Å². The fourth-order valence-electron chi connectivity index (χ4n) is 5.67. The highest BCUT2D eigenvalue weighted by Crippen LogP contribution is 2.46. The Kier molecular flexibility index (Phi) is 4.46. The van der Waals surface area contributed by atoms with Gasteiger partial charge < -0.3 is 4.90 Å². The first kappa shape index (κ1) is 17.9. The topological polar surface area (TPSA) is 52.2 Å². The first-order valence-corrected chi connectivity index (χ1v) is 10.5. The van der Waals surface area contributed by atoms with Gasteiger partial charge in [0.25, 0.3) is 5.91 Å². The van der Waals surface area contributed by atoms with Crippen molar-refractivity contribution in [3.8, 4) is 0 Å². The van der Waals surface area contributed by atoms with E-state index in [1.54, 1.807) is 0 Å². The number of hydrogen-bond acceptors (Lipinski definition) is 3.